The van der Waals surface area contributed by atoms with Crippen LogP contribution in [0.25, 0.3) is 98.0 Å². The monoisotopic (exact) mass is 993 g/mol. The van der Waals surface area contributed by atoms with E-state index >= 15 is 0 Å². The first-order chi connectivity index (χ1) is 36.4. The van der Waals surface area contributed by atoms with Crippen molar-refractivity contribution in [2.24, 2.45) is 0 Å². The zero-order valence-electron chi connectivity index (χ0n) is 52.7. The van der Waals surface area contributed by atoms with Crippen LogP contribution in [0.5, 0.6) is 0 Å². The second-order valence-corrected chi connectivity index (χ2v) is 25.4. The van der Waals surface area contributed by atoms with Crippen LogP contribution in [0.15, 0.2) is 4.42 Å². The fraction of sp³-hybridized carbons (Fsp3) is 0. The van der Waals surface area contributed by atoms with Crippen molar-refractivity contribution in [2.75, 3.05) is 0 Å². The number of furan rings is 1. The average Bonchev–Trinajstić information content (AvgIpc) is 4.03. The van der Waals surface area contributed by atoms with Gasteiger partial charge in [-0.1, -0.05) is 104 Å². The molecule has 78 heavy (non-hydrogen) atoms. The summed E-state index contributed by atoms with van der Waals surface area (Å²) >= 11 is 2.01. The molecule has 10 rings (SSSR count). The van der Waals surface area contributed by atoms with Gasteiger partial charge in [0.05, 0.1) is 5.72 Å². The van der Waals surface area contributed by atoms with Gasteiger partial charge in [-0.3, -0.25) is 0 Å². The summed E-state index contributed by atoms with van der Waals surface area (Å²) in [7, 11) is 64.9. The van der Waals surface area contributed by atoms with Crippen LogP contribution in [0.3, 0.4) is 0 Å². The van der Waals surface area contributed by atoms with E-state index < -0.39 is 0 Å². The molecule has 0 aliphatic rings. The summed E-state index contributed by atoms with van der Waals surface area (Å²) in [5, 5.41) is 3.95. The molecule has 3 heterocycles. The number of hydrogen-bond donors (Lipinski definition) is 0. The standard InChI is InChI=1S/C46H56B28N2OS/c47-13-1(20(54)30(64)24(58)7(13)8-26(60)32(66)27(61)9-10-28(62)35(69)37(71)39(73)45(10)78-44(8)9)2-14(48)11(29(63)31(65)21(2)55)40-43-41(76-46(74)75-40)12-15(49)3(25(59)38(72)42(12)77-43)4-16(50)18(52)5(19(53)17(4)51)6-22(56)33(67)36(70)34(68)23(6)57/h47-74H2. The SMILES string of the molecule is Bc1nc(-c2c(B)c(B)c(B)c(-c3c(B)c(B)c(B)c(-c4c(B)c(B)c(B)c5c4sc4c(B)c(B)c(B)c(B)c45)c3B)c2B)c2oc3c(B)c(B)c(-c4c(B)c(B)c(-c5c(B)c(B)c(B)c(B)c5B)c(B)c4B)c(B)c3c2n1. The van der Waals surface area contributed by atoms with Crippen LogP contribution < -0.4 is 153 Å². The smallest absolute Gasteiger partial charge is 0.189 e. The van der Waals surface area contributed by atoms with Crippen LogP contribution in [0.1, 0.15) is 0 Å². The molecule has 0 N–H and O–H groups in total. The van der Waals surface area contributed by atoms with Gasteiger partial charge in [0.1, 0.15) is 229 Å². The molecule has 0 amide bonds. The normalized spacial score (nSPS) is 11.7. The Bertz CT molecular complexity index is 4430. The second-order valence-electron chi connectivity index (χ2n) is 24.4. The molecule has 0 unspecified atom stereocenters. The summed E-state index contributed by atoms with van der Waals surface area (Å²) in [5.74, 6) is 0. The molecule has 0 aliphatic heterocycles. The molecule has 7 aromatic carbocycles. The van der Waals surface area contributed by atoms with Gasteiger partial charge in [-0.05, 0) is 60.8 Å². The Labute approximate surface area is 493 Å². The van der Waals surface area contributed by atoms with Crippen molar-refractivity contribution in [2.45, 2.75) is 0 Å². The lowest BCUT2D eigenvalue weighted by Crippen LogP contribution is -2.57. The lowest BCUT2D eigenvalue weighted by Gasteiger charge is -2.29. The highest BCUT2D eigenvalue weighted by atomic mass is 32.1. The molecule has 0 fully saturated rings. The Morgan fingerprint density at radius 1 is 0.218 bits per heavy atom. The second kappa shape index (κ2) is 19.6. The quantitative estimate of drug-likeness (QED) is 0.161. The van der Waals surface area contributed by atoms with E-state index in [0.717, 1.165) is 44.5 Å². The topological polar surface area (TPSA) is 38.9 Å². The predicted octanol–water partition coefficient (Wildman–Crippen LogP) is -35.7. The molecule has 0 radical (unpaired) electrons. The van der Waals surface area contributed by atoms with Crippen molar-refractivity contribution in [3.63, 3.8) is 0 Å². The van der Waals surface area contributed by atoms with Crippen molar-refractivity contribution in [1.82, 2.24) is 9.97 Å². The average molecular weight is 988 g/mol. The summed E-state index contributed by atoms with van der Waals surface area (Å²) in [5.41, 5.74) is 52.2. The number of fused-ring (bicyclic) bond motifs is 6. The number of nitrogens with zero attached hydrogens (tertiary/aromatic N) is 2. The van der Waals surface area contributed by atoms with Crippen molar-refractivity contribution in [3.05, 3.63) is 0 Å². The highest BCUT2D eigenvalue weighted by Gasteiger charge is 2.31. The molecule has 346 valence electrons. The van der Waals surface area contributed by atoms with E-state index in [1.54, 1.807) is 0 Å². The molecule has 0 saturated carbocycles. The number of benzene rings is 7. The van der Waals surface area contributed by atoms with E-state index in [4.69, 9.17) is 14.4 Å². The molecule has 3 aromatic heterocycles. The van der Waals surface area contributed by atoms with E-state index in [-0.39, 0.29) is 0 Å². The Hall–Kier alpha value is -4.54. The van der Waals surface area contributed by atoms with E-state index in [1.165, 1.54) is 207 Å². The van der Waals surface area contributed by atoms with Gasteiger partial charge in [0, 0.05) is 14.8 Å². The summed E-state index contributed by atoms with van der Waals surface area (Å²) in [4.78, 5) is 10.8. The first-order valence-electron chi connectivity index (χ1n) is 28.5. The van der Waals surface area contributed by atoms with Crippen LogP contribution in [0.2, 0.25) is 0 Å². The zero-order valence-corrected chi connectivity index (χ0v) is 53.5. The Morgan fingerprint density at radius 3 is 0.987 bits per heavy atom. The highest BCUT2D eigenvalue weighted by Crippen LogP contribution is 2.36. The Kier molecular flexibility index (Phi) is 14.2. The molecule has 0 saturated heterocycles. The van der Waals surface area contributed by atoms with Gasteiger partial charge in [0.2, 0.25) is 0 Å². The fourth-order valence-electron chi connectivity index (χ4n) is 14.7. The molecule has 0 aliphatic carbocycles. The van der Waals surface area contributed by atoms with E-state index in [1.807, 2.05) is 11.3 Å². The van der Waals surface area contributed by atoms with Gasteiger partial charge in [-0.2, -0.15) is 0 Å². The van der Waals surface area contributed by atoms with E-state index in [2.05, 4.69) is 220 Å². The van der Waals surface area contributed by atoms with Crippen LogP contribution in [-0.2, 0) is 0 Å². The third kappa shape index (κ3) is 7.64. The van der Waals surface area contributed by atoms with Gasteiger partial charge in [0.15, 0.2) is 13.4 Å². The van der Waals surface area contributed by atoms with Crippen LogP contribution >= 0.6 is 11.3 Å². The zero-order chi connectivity index (χ0) is 57.4. The van der Waals surface area contributed by atoms with Crippen LogP contribution in [0.4, 0.5) is 0 Å². The van der Waals surface area contributed by atoms with E-state index in [9.17, 15) is 0 Å². The Morgan fingerprint density at radius 2 is 0.513 bits per heavy atom. The van der Waals surface area contributed by atoms with Gasteiger partial charge < -0.3 is 4.42 Å². The molecule has 0 spiro atoms. The number of aromatic nitrogens is 2. The third-order valence-electron chi connectivity index (χ3n) is 21.2. The van der Waals surface area contributed by atoms with Crippen molar-refractivity contribution >= 4 is 426 Å². The molecule has 3 nitrogen and oxygen atoms in total. The number of rotatable bonds is 5. The molecular formula is C46H56B28N2OS. The van der Waals surface area contributed by atoms with Crippen molar-refractivity contribution < 1.29 is 4.42 Å². The minimum Gasteiger partial charge on any atom is -0.453 e. The predicted molar refractivity (Wildman–Crippen MR) is 438 cm³/mol. The largest absolute Gasteiger partial charge is 0.453 e. The highest BCUT2D eigenvalue weighted by molar-refractivity contribution is 7.28. The maximum Gasteiger partial charge on any atom is 0.189 e. The number of thiophene rings is 1. The molecule has 10 aromatic rings. The summed E-state index contributed by atoms with van der Waals surface area (Å²) in [6.07, 6.45) is 0. The van der Waals surface area contributed by atoms with Crippen LogP contribution in [-0.4, -0.2) is 230 Å². The lowest BCUT2D eigenvalue weighted by molar-refractivity contribution is 0.670. The number of hydrogen-bond acceptors (Lipinski definition) is 4. The molecule has 0 bridgehead atoms. The van der Waals surface area contributed by atoms with Crippen LogP contribution in [0, 0.1) is 0 Å². The van der Waals surface area contributed by atoms with Gasteiger partial charge in [-0.25, -0.2) is 9.97 Å². The lowest BCUT2D eigenvalue weighted by atomic mass is 9.55. The Balaban J connectivity index is 1.24. The molecule has 0 atom stereocenters. The fourth-order valence-corrected chi connectivity index (χ4v) is 16.3. The van der Waals surface area contributed by atoms with E-state index in [0.29, 0.717) is 0 Å². The van der Waals surface area contributed by atoms with Gasteiger partial charge >= 0.3 is 0 Å². The maximum absolute atomic E-state index is 7.31. The third-order valence-corrected chi connectivity index (χ3v) is 22.5. The van der Waals surface area contributed by atoms with Crippen molar-refractivity contribution in [1.29, 1.82) is 0 Å². The first kappa shape index (κ1) is 56.7. The minimum atomic E-state index is 0.741. The van der Waals surface area contributed by atoms with Gasteiger partial charge in [0.25, 0.3) is 0 Å². The molecular weight excluding hydrogens is 931 g/mol. The maximum atomic E-state index is 7.31. The molecule has 32 heteroatoms. The van der Waals surface area contributed by atoms with Gasteiger partial charge in [-0.15, -0.1) is 55.0 Å². The first-order valence-corrected chi connectivity index (χ1v) is 29.3. The minimum absolute atomic E-state index is 0.741. The summed E-state index contributed by atoms with van der Waals surface area (Å²) in [6, 6.07) is 0. The van der Waals surface area contributed by atoms with Crippen molar-refractivity contribution in [3.8, 4) is 55.8 Å². The summed E-state index contributed by atoms with van der Waals surface area (Å²) in [6.45, 7) is 0. The summed E-state index contributed by atoms with van der Waals surface area (Å²) < 4.78 is 10.2.